The van der Waals surface area contributed by atoms with E-state index in [0.29, 0.717) is 12.8 Å². The number of nitrogens with zero attached hydrogens (tertiary/aromatic N) is 1. The van der Waals surface area contributed by atoms with Crippen LogP contribution in [0.3, 0.4) is 0 Å². The average Bonchev–Trinajstić information content (AvgIpc) is 2.88. The van der Waals surface area contributed by atoms with E-state index in [4.69, 9.17) is 0 Å². The Morgan fingerprint density at radius 3 is 2.70 bits per heavy atom. The van der Waals surface area contributed by atoms with E-state index in [1.54, 1.807) is 0 Å². The number of likely N-dealkylation sites (tertiary alicyclic amines) is 1. The van der Waals surface area contributed by atoms with Crippen molar-refractivity contribution in [3.05, 3.63) is 42.0 Å². The minimum atomic E-state index is -0.326. The number of benzene rings is 1. The molecule has 0 saturated carbocycles. The number of hydrogen-bond donors (Lipinski definition) is 1. The molecule has 2 aliphatic heterocycles. The summed E-state index contributed by atoms with van der Waals surface area (Å²) in [6.07, 6.45) is 9.69. The van der Waals surface area contributed by atoms with Gasteiger partial charge in [0.05, 0.1) is 6.04 Å². The van der Waals surface area contributed by atoms with E-state index in [1.807, 2.05) is 23.1 Å². The zero-order valence-corrected chi connectivity index (χ0v) is 13.4. The lowest BCUT2D eigenvalue weighted by Crippen LogP contribution is -2.48. The highest BCUT2D eigenvalue weighted by Gasteiger charge is 2.33. The van der Waals surface area contributed by atoms with E-state index >= 15 is 0 Å². The Morgan fingerprint density at radius 1 is 1.13 bits per heavy atom. The van der Waals surface area contributed by atoms with Gasteiger partial charge in [0.1, 0.15) is 6.04 Å². The van der Waals surface area contributed by atoms with Crippen molar-refractivity contribution in [2.75, 3.05) is 6.54 Å². The molecule has 1 N–H and O–H groups in total. The molecule has 1 unspecified atom stereocenters. The van der Waals surface area contributed by atoms with Gasteiger partial charge < -0.3 is 10.2 Å². The number of carbonyl (C=O) groups is 2. The Balaban J connectivity index is 1.73. The number of hydrogen-bond acceptors (Lipinski definition) is 2. The van der Waals surface area contributed by atoms with Crippen LogP contribution in [0.2, 0.25) is 0 Å². The van der Waals surface area contributed by atoms with Crippen LogP contribution in [0.15, 0.2) is 36.4 Å². The molecule has 1 aromatic rings. The van der Waals surface area contributed by atoms with Crippen molar-refractivity contribution in [1.29, 1.82) is 0 Å². The minimum Gasteiger partial charge on any atom is -0.344 e. The molecule has 2 saturated heterocycles. The van der Waals surface area contributed by atoms with E-state index in [0.717, 1.165) is 37.8 Å². The largest absolute Gasteiger partial charge is 0.344 e. The van der Waals surface area contributed by atoms with Crippen LogP contribution < -0.4 is 5.32 Å². The maximum Gasteiger partial charge on any atom is 0.245 e. The fourth-order valence-corrected chi connectivity index (χ4v) is 3.39. The molecule has 2 heterocycles. The molecular weight excluding hydrogens is 288 g/mol. The number of carbonyl (C=O) groups excluding carboxylic acids is 2. The monoisotopic (exact) mass is 312 g/mol. The Bertz CT molecular complexity index is 582. The first-order valence-electron chi connectivity index (χ1n) is 8.57. The van der Waals surface area contributed by atoms with Crippen molar-refractivity contribution in [2.24, 2.45) is 0 Å². The van der Waals surface area contributed by atoms with Crippen molar-refractivity contribution in [3.8, 4) is 0 Å². The lowest BCUT2D eigenvalue weighted by atomic mass is 10.1. The van der Waals surface area contributed by atoms with Crippen LogP contribution in [0, 0.1) is 0 Å². The highest BCUT2D eigenvalue weighted by Crippen LogP contribution is 2.21. The smallest absolute Gasteiger partial charge is 0.245 e. The van der Waals surface area contributed by atoms with Crippen LogP contribution in [0.5, 0.6) is 0 Å². The Labute approximate surface area is 137 Å². The van der Waals surface area contributed by atoms with Crippen molar-refractivity contribution < 1.29 is 9.59 Å². The lowest BCUT2D eigenvalue weighted by molar-refractivity contribution is -0.135. The molecule has 122 valence electrons. The molecule has 0 aliphatic carbocycles. The Hall–Kier alpha value is -2.10. The first-order valence-corrected chi connectivity index (χ1v) is 8.57. The van der Waals surface area contributed by atoms with Crippen LogP contribution in [0.1, 0.15) is 44.1 Å². The molecule has 23 heavy (non-hydrogen) atoms. The predicted molar refractivity (Wildman–Crippen MR) is 90.6 cm³/mol. The van der Waals surface area contributed by atoms with Crippen molar-refractivity contribution >= 4 is 17.9 Å². The van der Waals surface area contributed by atoms with Gasteiger partial charge in [0.2, 0.25) is 11.8 Å². The van der Waals surface area contributed by atoms with Crippen LogP contribution in [-0.2, 0) is 9.59 Å². The molecule has 2 atom stereocenters. The second-order valence-corrected chi connectivity index (χ2v) is 6.38. The number of amides is 2. The summed E-state index contributed by atoms with van der Waals surface area (Å²) in [5.74, 6) is 0.0787. The average molecular weight is 312 g/mol. The molecule has 4 heteroatoms. The fraction of sp³-hybridized carbons (Fsp3) is 0.474. The first-order chi connectivity index (χ1) is 11.2. The van der Waals surface area contributed by atoms with E-state index in [-0.39, 0.29) is 23.9 Å². The fourth-order valence-electron chi connectivity index (χ4n) is 3.39. The Kier molecular flexibility index (Phi) is 5.11. The van der Waals surface area contributed by atoms with Gasteiger partial charge in [-0.2, -0.15) is 0 Å². The first kappa shape index (κ1) is 15.8. The van der Waals surface area contributed by atoms with Gasteiger partial charge in [-0.3, -0.25) is 9.59 Å². The van der Waals surface area contributed by atoms with Gasteiger partial charge in [0, 0.05) is 13.0 Å². The molecule has 4 nitrogen and oxygen atoms in total. The molecule has 2 fully saturated rings. The molecular formula is C19H24N2O2. The van der Waals surface area contributed by atoms with Gasteiger partial charge in [0.25, 0.3) is 0 Å². The molecule has 0 aromatic heterocycles. The van der Waals surface area contributed by atoms with Crippen LogP contribution in [0.4, 0.5) is 0 Å². The maximum atomic E-state index is 12.8. The zero-order chi connectivity index (χ0) is 16.1. The summed E-state index contributed by atoms with van der Waals surface area (Å²) in [6, 6.07) is 9.97. The lowest BCUT2D eigenvalue weighted by Gasteiger charge is -2.30. The summed E-state index contributed by atoms with van der Waals surface area (Å²) in [7, 11) is 0. The molecule has 3 rings (SSSR count). The molecule has 0 bridgehead atoms. The summed E-state index contributed by atoms with van der Waals surface area (Å²) in [5, 5.41) is 2.81. The van der Waals surface area contributed by atoms with Gasteiger partial charge in [-0.15, -0.1) is 0 Å². The van der Waals surface area contributed by atoms with Gasteiger partial charge >= 0.3 is 0 Å². The van der Waals surface area contributed by atoms with Gasteiger partial charge in [-0.25, -0.2) is 0 Å². The van der Waals surface area contributed by atoms with Crippen LogP contribution >= 0.6 is 0 Å². The summed E-state index contributed by atoms with van der Waals surface area (Å²) >= 11 is 0. The predicted octanol–water partition coefficient (Wildman–Crippen LogP) is 2.75. The second-order valence-electron chi connectivity index (χ2n) is 6.38. The number of nitrogens with one attached hydrogen (secondary N) is 1. The molecule has 2 amide bonds. The number of rotatable bonds is 3. The molecule has 1 aromatic carbocycles. The summed E-state index contributed by atoms with van der Waals surface area (Å²) in [6.45, 7) is 0.787. The highest BCUT2D eigenvalue weighted by atomic mass is 16.2. The van der Waals surface area contributed by atoms with E-state index in [1.165, 1.54) is 0 Å². The van der Waals surface area contributed by atoms with Crippen molar-refractivity contribution in [1.82, 2.24) is 10.2 Å². The highest BCUT2D eigenvalue weighted by molar-refractivity contribution is 5.91. The summed E-state index contributed by atoms with van der Waals surface area (Å²) in [4.78, 5) is 26.2. The topological polar surface area (TPSA) is 49.4 Å². The summed E-state index contributed by atoms with van der Waals surface area (Å²) < 4.78 is 0. The third-order valence-electron chi connectivity index (χ3n) is 4.69. The third kappa shape index (κ3) is 4.01. The van der Waals surface area contributed by atoms with Gasteiger partial charge in [-0.1, -0.05) is 55.3 Å². The molecule has 2 aliphatic rings. The maximum absolute atomic E-state index is 12.8. The zero-order valence-electron chi connectivity index (χ0n) is 13.4. The van der Waals surface area contributed by atoms with E-state index in [9.17, 15) is 9.59 Å². The van der Waals surface area contributed by atoms with Crippen molar-refractivity contribution in [2.45, 2.75) is 50.6 Å². The van der Waals surface area contributed by atoms with Crippen molar-refractivity contribution in [3.63, 3.8) is 0 Å². The van der Waals surface area contributed by atoms with E-state index in [2.05, 4.69) is 29.6 Å². The third-order valence-corrected chi connectivity index (χ3v) is 4.69. The minimum absolute atomic E-state index is 0.00505. The Morgan fingerprint density at radius 2 is 1.96 bits per heavy atom. The van der Waals surface area contributed by atoms with Crippen LogP contribution in [-0.4, -0.2) is 35.3 Å². The van der Waals surface area contributed by atoms with Gasteiger partial charge in [0.15, 0.2) is 0 Å². The standard InChI is InChI=1S/C19H24N2O2/c22-18-13-12-17(20-18)19(23)21-14-6-2-5-9-16(21)11-10-15-7-3-1-4-8-15/h1,3-4,7-8,10-11,16-17H,2,5-6,9,12-14H2,(H,20,22)/b11-10+/t16?,17-/m1/s1. The second kappa shape index (κ2) is 7.44. The quantitative estimate of drug-likeness (QED) is 0.933. The summed E-state index contributed by atoms with van der Waals surface area (Å²) in [5.41, 5.74) is 1.15. The molecule has 0 spiro atoms. The normalized spacial score (nSPS) is 25.4. The van der Waals surface area contributed by atoms with Gasteiger partial charge in [-0.05, 0) is 24.8 Å². The SMILES string of the molecule is O=C1CC[C@H](C(=O)N2CCCCCC2/C=C/c2ccccc2)N1. The molecule has 0 radical (unpaired) electrons. The van der Waals surface area contributed by atoms with Crippen LogP contribution in [0.25, 0.3) is 6.08 Å². The van der Waals surface area contributed by atoms with E-state index < -0.39 is 0 Å².